The molecule has 0 amide bonds. The molecule has 22 heavy (non-hydrogen) atoms. The summed E-state index contributed by atoms with van der Waals surface area (Å²) in [5, 5.41) is 0.598. The summed E-state index contributed by atoms with van der Waals surface area (Å²) in [7, 11) is -3.53. The first-order chi connectivity index (χ1) is 10.4. The Morgan fingerprint density at radius 3 is 2.50 bits per heavy atom. The Morgan fingerprint density at radius 1 is 1.23 bits per heavy atom. The van der Waals surface area contributed by atoms with Crippen LogP contribution in [0.2, 0.25) is 10.0 Å². The zero-order chi connectivity index (χ0) is 16.2. The lowest BCUT2D eigenvalue weighted by Gasteiger charge is -2.31. The molecule has 7 heteroatoms. The molecular weight excluding hydrogens is 343 g/mol. The molecule has 1 aromatic carbocycles. The Balaban J connectivity index is 1.89. The summed E-state index contributed by atoms with van der Waals surface area (Å²) in [5.74, 6) is 0.394. The number of sulfonamides is 1. The molecule has 1 heterocycles. The van der Waals surface area contributed by atoms with Crippen molar-refractivity contribution in [2.75, 3.05) is 26.2 Å². The maximum Gasteiger partial charge on any atom is 0.240 e. The zero-order valence-corrected chi connectivity index (χ0v) is 15.0. The number of halogens is 2. The van der Waals surface area contributed by atoms with Gasteiger partial charge in [-0.05, 0) is 63.0 Å². The summed E-state index contributed by atoms with van der Waals surface area (Å²) in [6.45, 7) is 5.88. The molecule has 0 aromatic heterocycles. The van der Waals surface area contributed by atoms with Gasteiger partial charge in [-0.1, -0.05) is 30.1 Å². The maximum atomic E-state index is 12.3. The first kappa shape index (κ1) is 18.0. The fourth-order valence-electron chi connectivity index (χ4n) is 2.69. The van der Waals surface area contributed by atoms with Crippen molar-refractivity contribution in [1.82, 2.24) is 9.62 Å². The minimum atomic E-state index is -3.53. The Bertz CT molecular complexity index is 600. The second-order valence-corrected chi connectivity index (χ2v) is 8.29. The zero-order valence-electron chi connectivity index (χ0n) is 12.7. The lowest BCUT2D eigenvalue weighted by molar-refractivity contribution is 0.186. The molecule has 0 saturated carbocycles. The van der Waals surface area contributed by atoms with E-state index in [0.29, 0.717) is 17.5 Å². The van der Waals surface area contributed by atoms with Crippen LogP contribution in [-0.2, 0) is 10.0 Å². The van der Waals surface area contributed by atoms with Crippen molar-refractivity contribution in [2.45, 2.75) is 31.1 Å². The van der Waals surface area contributed by atoms with Gasteiger partial charge < -0.3 is 4.90 Å². The number of hydrogen-bond acceptors (Lipinski definition) is 3. The van der Waals surface area contributed by atoms with Gasteiger partial charge in [0, 0.05) is 6.54 Å². The molecule has 0 atom stereocenters. The highest BCUT2D eigenvalue weighted by Gasteiger charge is 2.21. The van der Waals surface area contributed by atoms with Crippen LogP contribution in [0.3, 0.4) is 0 Å². The van der Waals surface area contributed by atoms with Crippen molar-refractivity contribution < 1.29 is 8.42 Å². The van der Waals surface area contributed by atoms with E-state index in [4.69, 9.17) is 23.2 Å². The number of hydrogen-bond donors (Lipinski definition) is 1. The summed E-state index contributed by atoms with van der Waals surface area (Å²) >= 11 is 11.7. The van der Waals surface area contributed by atoms with Crippen LogP contribution < -0.4 is 4.72 Å². The van der Waals surface area contributed by atoms with Gasteiger partial charge in [-0.15, -0.1) is 0 Å². The van der Waals surface area contributed by atoms with Crippen LogP contribution in [0.25, 0.3) is 0 Å². The summed E-state index contributed by atoms with van der Waals surface area (Å²) < 4.78 is 27.3. The van der Waals surface area contributed by atoms with Gasteiger partial charge >= 0.3 is 0 Å². The summed E-state index contributed by atoms with van der Waals surface area (Å²) in [5.41, 5.74) is 0. The van der Waals surface area contributed by atoms with Gasteiger partial charge in [-0.25, -0.2) is 13.1 Å². The van der Waals surface area contributed by atoms with Gasteiger partial charge in [0.1, 0.15) is 0 Å². The molecule has 1 aliphatic rings. The number of piperidine rings is 1. The Morgan fingerprint density at radius 2 is 1.91 bits per heavy atom. The topological polar surface area (TPSA) is 49.4 Å². The van der Waals surface area contributed by atoms with Crippen molar-refractivity contribution in [3.63, 3.8) is 0 Å². The van der Waals surface area contributed by atoms with Crippen LogP contribution in [0.1, 0.15) is 26.2 Å². The molecule has 1 aliphatic heterocycles. The van der Waals surface area contributed by atoms with Crippen molar-refractivity contribution in [1.29, 1.82) is 0 Å². The highest BCUT2D eigenvalue weighted by molar-refractivity contribution is 7.89. The molecule has 1 fully saturated rings. The first-order valence-electron chi connectivity index (χ1n) is 7.59. The van der Waals surface area contributed by atoms with Gasteiger partial charge in [0.05, 0.1) is 14.9 Å². The van der Waals surface area contributed by atoms with Gasteiger partial charge in [-0.3, -0.25) is 0 Å². The van der Waals surface area contributed by atoms with Gasteiger partial charge in [-0.2, -0.15) is 0 Å². The molecule has 0 aliphatic carbocycles. The van der Waals surface area contributed by atoms with E-state index < -0.39 is 10.0 Å². The fourth-order valence-corrected chi connectivity index (χ4v) is 4.19. The number of benzene rings is 1. The third-order valence-corrected chi connectivity index (χ3v) is 6.17. The monoisotopic (exact) mass is 364 g/mol. The average molecular weight is 365 g/mol. The number of likely N-dealkylation sites (tertiary alicyclic amines) is 1. The van der Waals surface area contributed by atoms with E-state index in [9.17, 15) is 8.42 Å². The number of nitrogens with zero attached hydrogens (tertiary/aromatic N) is 1. The first-order valence-corrected chi connectivity index (χ1v) is 9.83. The van der Waals surface area contributed by atoms with Gasteiger partial charge in [0.2, 0.25) is 10.0 Å². The van der Waals surface area contributed by atoms with Crippen molar-refractivity contribution in [2.24, 2.45) is 5.92 Å². The van der Waals surface area contributed by atoms with E-state index in [2.05, 4.69) is 16.5 Å². The minimum Gasteiger partial charge on any atom is -0.303 e. The molecule has 1 aromatic rings. The fraction of sp³-hybridized carbons (Fsp3) is 0.600. The van der Waals surface area contributed by atoms with E-state index in [0.717, 1.165) is 38.9 Å². The van der Waals surface area contributed by atoms with E-state index in [-0.39, 0.29) is 9.92 Å². The van der Waals surface area contributed by atoms with Crippen molar-refractivity contribution in [3.8, 4) is 0 Å². The van der Waals surface area contributed by atoms with Crippen LogP contribution in [0.5, 0.6) is 0 Å². The van der Waals surface area contributed by atoms with Gasteiger partial charge in [0.15, 0.2) is 0 Å². The van der Waals surface area contributed by atoms with Crippen LogP contribution in [0.15, 0.2) is 23.1 Å². The van der Waals surface area contributed by atoms with E-state index in [1.807, 2.05) is 0 Å². The largest absolute Gasteiger partial charge is 0.303 e. The van der Waals surface area contributed by atoms with Crippen LogP contribution in [-0.4, -0.2) is 39.5 Å². The lowest BCUT2D eigenvalue weighted by Crippen LogP contribution is -2.38. The molecule has 1 saturated heterocycles. The Hall–Kier alpha value is -0.330. The molecule has 0 bridgehead atoms. The second kappa shape index (κ2) is 7.97. The normalized spacial score (nSPS) is 17.8. The van der Waals surface area contributed by atoms with Crippen LogP contribution in [0, 0.1) is 5.92 Å². The molecule has 0 spiro atoms. The number of rotatable bonds is 6. The Labute approximate surface area is 142 Å². The molecule has 1 N–H and O–H groups in total. The Kier molecular flexibility index (Phi) is 6.53. The molecule has 0 radical (unpaired) electrons. The quantitative estimate of drug-likeness (QED) is 0.841. The third kappa shape index (κ3) is 4.83. The average Bonchev–Trinajstić information content (AvgIpc) is 2.49. The van der Waals surface area contributed by atoms with Crippen molar-refractivity contribution >= 4 is 33.2 Å². The molecule has 0 unspecified atom stereocenters. The standard InChI is InChI=1S/C15H22Cl2N2O2S/c1-2-7-19-8-5-12(6-9-19)11-18-22(20,21)13-3-4-14(16)15(17)10-13/h3-4,10,12,18H,2,5-9,11H2,1H3. The molecule has 4 nitrogen and oxygen atoms in total. The molecular formula is C15H22Cl2N2O2S. The predicted molar refractivity (Wildman–Crippen MR) is 91.1 cm³/mol. The second-order valence-electron chi connectivity index (χ2n) is 5.71. The summed E-state index contributed by atoms with van der Waals surface area (Å²) in [6.07, 6.45) is 3.22. The van der Waals surface area contributed by atoms with Crippen LogP contribution >= 0.6 is 23.2 Å². The number of nitrogens with one attached hydrogen (secondary N) is 1. The third-order valence-electron chi connectivity index (χ3n) is 4.01. The van der Waals surface area contributed by atoms with Gasteiger partial charge in [0.25, 0.3) is 0 Å². The van der Waals surface area contributed by atoms with Crippen LogP contribution in [0.4, 0.5) is 0 Å². The van der Waals surface area contributed by atoms with E-state index >= 15 is 0 Å². The molecule has 2 rings (SSSR count). The predicted octanol–water partition coefficient (Wildman–Crippen LogP) is 3.39. The smallest absolute Gasteiger partial charge is 0.240 e. The minimum absolute atomic E-state index is 0.158. The highest BCUT2D eigenvalue weighted by atomic mass is 35.5. The summed E-state index contributed by atoms with van der Waals surface area (Å²) in [4.78, 5) is 2.59. The lowest BCUT2D eigenvalue weighted by atomic mass is 9.97. The highest BCUT2D eigenvalue weighted by Crippen LogP contribution is 2.25. The summed E-state index contributed by atoms with van der Waals surface area (Å²) in [6, 6.07) is 4.36. The maximum absolute atomic E-state index is 12.3. The van der Waals surface area contributed by atoms with E-state index in [1.165, 1.54) is 18.2 Å². The SMILES string of the molecule is CCCN1CCC(CNS(=O)(=O)c2ccc(Cl)c(Cl)c2)CC1. The van der Waals surface area contributed by atoms with E-state index in [1.54, 1.807) is 0 Å². The molecule has 124 valence electrons. The van der Waals surface area contributed by atoms with Crippen molar-refractivity contribution in [3.05, 3.63) is 28.2 Å².